The van der Waals surface area contributed by atoms with E-state index in [0.29, 0.717) is 17.1 Å². The van der Waals surface area contributed by atoms with Crippen LogP contribution in [0.3, 0.4) is 0 Å². The molecule has 0 atom stereocenters. The molecule has 0 fully saturated rings. The average Bonchev–Trinajstić information content (AvgIpc) is 3.95. The molecule has 2 aromatic heterocycles. The summed E-state index contributed by atoms with van der Waals surface area (Å²) in [5.41, 5.74) is 5.97. The first kappa shape index (κ1) is 45.1. The molecule has 2 heterocycles. The van der Waals surface area contributed by atoms with Crippen LogP contribution in [-0.4, -0.2) is 9.13 Å². The Morgan fingerprint density at radius 2 is 0.534 bits per heavy atom. The fourth-order valence-corrected chi connectivity index (χ4v) is 9.90. The van der Waals surface area contributed by atoms with Crippen molar-refractivity contribution in [1.29, 1.82) is 0 Å². The Labute approximate surface area is 408 Å². The zero-order chi connectivity index (χ0) is 50.4. The van der Waals surface area contributed by atoms with Crippen molar-refractivity contribution in [2.45, 2.75) is 0 Å². The second kappa shape index (κ2) is 17.3. The van der Waals surface area contributed by atoms with Crippen LogP contribution < -0.4 is 4.90 Å². The van der Waals surface area contributed by atoms with Gasteiger partial charge in [-0.3, -0.25) is 0 Å². The molecule has 0 N–H and O–H groups in total. The first-order valence-corrected chi connectivity index (χ1v) is 22.7. The molecule has 10 aromatic carbocycles. The summed E-state index contributed by atoms with van der Waals surface area (Å²) in [7, 11) is 0. The highest BCUT2D eigenvalue weighted by atomic mass is 19.2. The number of hydrogen-bond acceptors (Lipinski definition) is 1. The summed E-state index contributed by atoms with van der Waals surface area (Å²) in [6, 6.07) is 56.7. The molecule has 13 heteroatoms. The van der Waals surface area contributed by atoms with Gasteiger partial charge in [0.15, 0.2) is 46.5 Å². The van der Waals surface area contributed by atoms with Gasteiger partial charge in [-0.25, -0.2) is 43.9 Å². The molecular formula is C60H31F10N3. The van der Waals surface area contributed by atoms with Crippen LogP contribution in [0.5, 0.6) is 0 Å². The Kier molecular flexibility index (Phi) is 10.7. The molecule has 0 bridgehead atoms. The van der Waals surface area contributed by atoms with Crippen LogP contribution in [0.15, 0.2) is 188 Å². The van der Waals surface area contributed by atoms with Crippen molar-refractivity contribution in [3.05, 3.63) is 246 Å². The summed E-state index contributed by atoms with van der Waals surface area (Å²) >= 11 is 0. The van der Waals surface area contributed by atoms with Crippen molar-refractivity contribution in [1.82, 2.24) is 9.13 Å². The van der Waals surface area contributed by atoms with E-state index < -0.39 is 69.3 Å². The van der Waals surface area contributed by atoms with Crippen LogP contribution in [-0.2, 0) is 0 Å². The van der Waals surface area contributed by atoms with Gasteiger partial charge in [0.25, 0.3) is 0 Å². The third kappa shape index (κ3) is 7.13. The van der Waals surface area contributed by atoms with Gasteiger partial charge in [0.1, 0.15) is 0 Å². The van der Waals surface area contributed by atoms with Gasteiger partial charge in [-0.2, -0.15) is 0 Å². The van der Waals surface area contributed by atoms with Crippen molar-refractivity contribution >= 4 is 60.7 Å². The fraction of sp³-hybridized carbons (Fsp3) is 0. The standard InChI is InChI=1S/C60H31F10N3/c61-51-49(52(62)56(66)59(69)55(51)65)33-15-22-37(23-16-33)71(38-24-17-34(18-25-38)50-53(63)57(67)60(70)58(68)54(50)64)36-20-13-32(14-21-36)35-19-30-48-44(31-35)43-9-3-6-12-47(43)73(48)40-28-26-39(27-29-40)72-45-10-4-1-7-41(45)42-8-2-5-11-46(42)72/h1-31H. The number of para-hydroxylation sites is 3. The van der Waals surface area contributed by atoms with E-state index in [0.717, 1.165) is 79.6 Å². The molecule has 12 rings (SSSR count). The Hall–Kier alpha value is -9.10. The van der Waals surface area contributed by atoms with Gasteiger partial charge in [-0.05, 0) is 113 Å². The van der Waals surface area contributed by atoms with Crippen LogP contribution >= 0.6 is 0 Å². The number of anilines is 3. The second-order valence-corrected chi connectivity index (χ2v) is 17.3. The lowest BCUT2D eigenvalue weighted by Gasteiger charge is -2.26. The highest BCUT2D eigenvalue weighted by molar-refractivity contribution is 6.11. The monoisotopic (exact) mass is 983 g/mol. The van der Waals surface area contributed by atoms with Gasteiger partial charge in [0.2, 0.25) is 11.6 Å². The summed E-state index contributed by atoms with van der Waals surface area (Å²) < 4.78 is 149. The summed E-state index contributed by atoms with van der Waals surface area (Å²) in [4.78, 5) is 1.61. The van der Waals surface area contributed by atoms with E-state index >= 15 is 0 Å². The zero-order valence-electron chi connectivity index (χ0n) is 37.5. The molecule has 0 radical (unpaired) electrons. The highest BCUT2D eigenvalue weighted by Gasteiger charge is 2.29. The van der Waals surface area contributed by atoms with Crippen molar-refractivity contribution in [2.24, 2.45) is 0 Å². The number of nitrogens with zero attached hydrogens (tertiary/aromatic N) is 3. The topological polar surface area (TPSA) is 13.1 Å². The Bertz CT molecular complexity index is 3960. The van der Waals surface area contributed by atoms with Crippen LogP contribution in [0.1, 0.15) is 0 Å². The predicted octanol–water partition coefficient (Wildman–Crippen LogP) is 17.7. The van der Waals surface area contributed by atoms with Crippen molar-refractivity contribution in [3.63, 3.8) is 0 Å². The predicted molar refractivity (Wildman–Crippen MR) is 266 cm³/mol. The smallest absolute Gasteiger partial charge is 0.200 e. The van der Waals surface area contributed by atoms with Crippen LogP contribution in [0, 0.1) is 58.2 Å². The van der Waals surface area contributed by atoms with Gasteiger partial charge in [-0.15, -0.1) is 0 Å². The maximum absolute atomic E-state index is 14.9. The van der Waals surface area contributed by atoms with Gasteiger partial charge < -0.3 is 14.0 Å². The number of benzene rings is 10. The molecule has 73 heavy (non-hydrogen) atoms. The molecule has 0 unspecified atom stereocenters. The van der Waals surface area contributed by atoms with E-state index in [9.17, 15) is 43.9 Å². The first-order valence-electron chi connectivity index (χ1n) is 22.7. The van der Waals surface area contributed by atoms with E-state index in [4.69, 9.17) is 0 Å². The average molecular weight is 984 g/mol. The minimum atomic E-state index is -2.30. The Balaban J connectivity index is 0.917. The largest absolute Gasteiger partial charge is 0.311 e. The minimum Gasteiger partial charge on any atom is -0.311 e. The van der Waals surface area contributed by atoms with E-state index in [1.54, 1.807) is 17.0 Å². The summed E-state index contributed by atoms with van der Waals surface area (Å²) in [5, 5.41) is 4.36. The maximum Gasteiger partial charge on any atom is 0.200 e. The third-order valence-electron chi connectivity index (χ3n) is 13.3. The molecular weight excluding hydrogens is 953 g/mol. The van der Waals surface area contributed by atoms with Gasteiger partial charge in [0, 0.05) is 50.0 Å². The first-order chi connectivity index (χ1) is 35.4. The SMILES string of the molecule is Fc1c(F)c(F)c(-c2ccc(N(c3ccc(-c4ccc5c(c4)c4ccccc4n5-c4ccc(-n5c6ccccc6c6ccccc65)cc4)cc3)c3ccc(-c4c(F)c(F)c(F)c(F)c4F)cc3)cc2)c(F)c1F. The lowest BCUT2D eigenvalue weighted by molar-refractivity contribution is 0.381. The molecule has 0 aliphatic heterocycles. The fourth-order valence-electron chi connectivity index (χ4n) is 9.90. The van der Waals surface area contributed by atoms with E-state index in [2.05, 4.69) is 81.9 Å². The normalized spacial score (nSPS) is 11.7. The van der Waals surface area contributed by atoms with Crippen molar-refractivity contribution in [3.8, 4) is 44.8 Å². The number of rotatable bonds is 8. The van der Waals surface area contributed by atoms with Crippen molar-refractivity contribution in [2.75, 3.05) is 4.90 Å². The van der Waals surface area contributed by atoms with Crippen LogP contribution in [0.2, 0.25) is 0 Å². The molecule has 0 aliphatic rings. The molecule has 356 valence electrons. The minimum absolute atomic E-state index is 0.293. The van der Waals surface area contributed by atoms with Crippen LogP contribution in [0.25, 0.3) is 88.4 Å². The summed E-state index contributed by atoms with van der Waals surface area (Å²) in [5.74, 6) is -21.1. The van der Waals surface area contributed by atoms with Gasteiger partial charge >= 0.3 is 0 Å². The van der Waals surface area contributed by atoms with Crippen molar-refractivity contribution < 1.29 is 43.9 Å². The van der Waals surface area contributed by atoms with E-state index in [1.807, 2.05) is 54.6 Å². The molecule has 0 spiro atoms. The highest BCUT2D eigenvalue weighted by Crippen LogP contribution is 2.42. The number of hydrogen-bond donors (Lipinski definition) is 0. The second-order valence-electron chi connectivity index (χ2n) is 17.3. The Morgan fingerprint density at radius 3 is 0.904 bits per heavy atom. The lowest BCUT2D eigenvalue weighted by Crippen LogP contribution is -2.10. The maximum atomic E-state index is 14.9. The Morgan fingerprint density at radius 1 is 0.247 bits per heavy atom. The molecule has 3 nitrogen and oxygen atoms in total. The summed E-state index contributed by atoms with van der Waals surface area (Å²) in [6.45, 7) is 0. The van der Waals surface area contributed by atoms with Crippen LogP contribution in [0.4, 0.5) is 61.0 Å². The number of aromatic nitrogens is 2. The molecule has 0 saturated carbocycles. The number of fused-ring (bicyclic) bond motifs is 6. The molecule has 0 aliphatic carbocycles. The number of halogens is 10. The van der Waals surface area contributed by atoms with E-state index in [1.165, 1.54) is 35.0 Å². The molecule has 0 amide bonds. The third-order valence-corrected chi connectivity index (χ3v) is 13.3. The lowest BCUT2D eigenvalue weighted by atomic mass is 10.0. The van der Waals surface area contributed by atoms with Gasteiger partial charge in [-0.1, -0.05) is 97.1 Å². The summed E-state index contributed by atoms with van der Waals surface area (Å²) in [6.07, 6.45) is 0. The molecule has 0 saturated heterocycles. The van der Waals surface area contributed by atoms with E-state index in [-0.39, 0.29) is 11.1 Å². The molecule has 12 aromatic rings. The van der Waals surface area contributed by atoms with Gasteiger partial charge in [0.05, 0.1) is 33.2 Å². The zero-order valence-corrected chi connectivity index (χ0v) is 37.5. The quantitative estimate of drug-likeness (QED) is 0.0840.